The van der Waals surface area contributed by atoms with E-state index in [1.807, 2.05) is 18.0 Å². The molecule has 0 N–H and O–H groups in total. The van der Waals surface area contributed by atoms with Gasteiger partial charge in [0, 0.05) is 37.9 Å². The zero-order valence-electron chi connectivity index (χ0n) is 12.4. The molecule has 1 amide bonds. The third-order valence-corrected chi connectivity index (χ3v) is 4.29. The lowest BCUT2D eigenvalue weighted by atomic mass is 9.93. The Hall–Kier alpha value is -1.32. The van der Waals surface area contributed by atoms with E-state index in [4.69, 9.17) is 0 Å². The second kappa shape index (κ2) is 6.22. The van der Waals surface area contributed by atoms with Crippen molar-refractivity contribution in [2.45, 2.75) is 53.0 Å². The van der Waals surface area contributed by atoms with Crippen molar-refractivity contribution in [1.82, 2.24) is 14.5 Å². The first-order chi connectivity index (χ1) is 9.11. The molecular weight excluding hydrogens is 238 g/mol. The maximum atomic E-state index is 11.6. The molecule has 0 unspecified atom stereocenters. The van der Waals surface area contributed by atoms with E-state index >= 15 is 0 Å². The minimum Gasteiger partial charge on any atom is -0.343 e. The molecule has 19 heavy (non-hydrogen) atoms. The van der Waals surface area contributed by atoms with Gasteiger partial charge in [-0.2, -0.15) is 0 Å². The minimum atomic E-state index is 0.305. The van der Waals surface area contributed by atoms with Gasteiger partial charge in [-0.25, -0.2) is 4.98 Å². The zero-order chi connectivity index (χ0) is 13.8. The van der Waals surface area contributed by atoms with Gasteiger partial charge in [0.15, 0.2) is 0 Å². The summed E-state index contributed by atoms with van der Waals surface area (Å²) in [6, 6.07) is 0. The van der Waals surface area contributed by atoms with Gasteiger partial charge in [-0.1, -0.05) is 6.92 Å². The number of aryl methyl sites for hydroxylation is 2. The molecule has 4 nitrogen and oxygen atoms in total. The molecular formula is C15H25N3O. The number of rotatable bonds is 4. The van der Waals surface area contributed by atoms with Crippen molar-refractivity contribution >= 4 is 5.91 Å². The first kappa shape index (κ1) is 14.1. The maximum Gasteiger partial charge on any atom is 0.222 e. The fourth-order valence-electron chi connectivity index (χ4n) is 2.93. The summed E-state index contributed by atoms with van der Waals surface area (Å²) in [5, 5.41) is 0. The normalized spacial score (nSPS) is 16.9. The van der Waals surface area contributed by atoms with Crippen molar-refractivity contribution in [3.05, 3.63) is 17.7 Å². The molecule has 4 heteroatoms. The lowest BCUT2D eigenvalue weighted by molar-refractivity contribution is -0.132. The van der Waals surface area contributed by atoms with Crippen molar-refractivity contribution in [1.29, 1.82) is 0 Å². The van der Waals surface area contributed by atoms with E-state index in [1.54, 1.807) is 0 Å². The number of piperidine rings is 1. The molecule has 0 atom stereocenters. The SMILES string of the molecule is CCC(=O)N1CCC(CCn2c(C)cnc2C)CC1. The number of hydrogen-bond acceptors (Lipinski definition) is 2. The minimum absolute atomic E-state index is 0.305. The van der Waals surface area contributed by atoms with Crippen LogP contribution in [0.5, 0.6) is 0 Å². The Morgan fingerprint density at radius 1 is 1.37 bits per heavy atom. The Kier molecular flexibility index (Phi) is 4.61. The van der Waals surface area contributed by atoms with Gasteiger partial charge >= 0.3 is 0 Å². The monoisotopic (exact) mass is 263 g/mol. The summed E-state index contributed by atoms with van der Waals surface area (Å²) in [6.07, 6.45) is 6.08. The van der Waals surface area contributed by atoms with Crippen molar-refractivity contribution < 1.29 is 4.79 Å². The number of aromatic nitrogens is 2. The number of nitrogens with zero attached hydrogens (tertiary/aromatic N) is 3. The lowest BCUT2D eigenvalue weighted by Gasteiger charge is -2.32. The van der Waals surface area contributed by atoms with Crippen LogP contribution in [0.2, 0.25) is 0 Å². The van der Waals surface area contributed by atoms with E-state index in [0.29, 0.717) is 12.3 Å². The van der Waals surface area contributed by atoms with Crippen molar-refractivity contribution in [2.24, 2.45) is 5.92 Å². The fourth-order valence-corrected chi connectivity index (χ4v) is 2.93. The van der Waals surface area contributed by atoms with Gasteiger partial charge in [0.1, 0.15) is 5.82 Å². The molecule has 0 saturated carbocycles. The van der Waals surface area contributed by atoms with Gasteiger partial charge in [0.05, 0.1) is 0 Å². The Bertz CT molecular complexity index is 411. The van der Waals surface area contributed by atoms with E-state index in [9.17, 15) is 4.79 Å². The van der Waals surface area contributed by atoms with E-state index in [0.717, 1.165) is 44.2 Å². The Morgan fingerprint density at radius 2 is 2.05 bits per heavy atom. The van der Waals surface area contributed by atoms with Crippen LogP contribution in [0.15, 0.2) is 6.20 Å². The number of imidazole rings is 1. The highest BCUT2D eigenvalue weighted by molar-refractivity contribution is 5.75. The average molecular weight is 263 g/mol. The van der Waals surface area contributed by atoms with Gasteiger partial charge in [0.25, 0.3) is 0 Å². The molecule has 0 spiro atoms. The molecule has 0 bridgehead atoms. The largest absolute Gasteiger partial charge is 0.343 e. The van der Waals surface area contributed by atoms with E-state index in [2.05, 4.69) is 23.4 Å². The lowest BCUT2D eigenvalue weighted by Crippen LogP contribution is -2.38. The van der Waals surface area contributed by atoms with Gasteiger partial charge in [-0.3, -0.25) is 4.79 Å². The molecule has 1 fully saturated rings. The number of carbonyl (C=O) groups is 1. The summed E-state index contributed by atoms with van der Waals surface area (Å²) in [4.78, 5) is 18.0. The summed E-state index contributed by atoms with van der Waals surface area (Å²) in [5.41, 5.74) is 1.25. The number of amides is 1. The van der Waals surface area contributed by atoms with Crippen LogP contribution in [0.3, 0.4) is 0 Å². The highest BCUT2D eigenvalue weighted by Crippen LogP contribution is 2.22. The Morgan fingerprint density at radius 3 is 2.58 bits per heavy atom. The van der Waals surface area contributed by atoms with Crippen molar-refractivity contribution in [2.75, 3.05) is 13.1 Å². The van der Waals surface area contributed by atoms with Gasteiger partial charge in [0.2, 0.25) is 5.91 Å². The molecule has 1 aliphatic rings. The van der Waals surface area contributed by atoms with E-state index in [-0.39, 0.29) is 0 Å². The highest BCUT2D eigenvalue weighted by Gasteiger charge is 2.21. The number of hydrogen-bond donors (Lipinski definition) is 0. The van der Waals surface area contributed by atoms with E-state index in [1.165, 1.54) is 12.1 Å². The molecule has 0 aliphatic carbocycles. The van der Waals surface area contributed by atoms with Gasteiger partial charge in [-0.15, -0.1) is 0 Å². The molecule has 1 aromatic rings. The molecule has 2 rings (SSSR count). The summed E-state index contributed by atoms with van der Waals surface area (Å²) in [7, 11) is 0. The van der Waals surface area contributed by atoms with E-state index < -0.39 is 0 Å². The summed E-state index contributed by atoms with van der Waals surface area (Å²) < 4.78 is 2.30. The number of likely N-dealkylation sites (tertiary alicyclic amines) is 1. The fraction of sp³-hybridized carbons (Fsp3) is 0.733. The van der Waals surface area contributed by atoms with Crippen LogP contribution in [0.1, 0.15) is 44.1 Å². The summed E-state index contributed by atoms with van der Waals surface area (Å²) >= 11 is 0. The molecule has 2 heterocycles. The maximum absolute atomic E-state index is 11.6. The van der Waals surface area contributed by atoms with Crippen LogP contribution in [0, 0.1) is 19.8 Å². The van der Waals surface area contributed by atoms with Crippen LogP contribution >= 0.6 is 0 Å². The van der Waals surface area contributed by atoms with Crippen LogP contribution in [-0.2, 0) is 11.3 Å². The molecule has 1 aliphatic heterocycles. The first-order valence-electron chi connectivity index (χ1n) is 7.38. The quantitative estimate of drug-likeness (QED) is 0.837. The van der Waals surface area contributed by atoms with Crippen LogP contribution in [0.25, 0.3) is 0 Å². The molecule has 0 radical (unpaired) electrons. The molecule has 1 aromatic heterocycles. The molecule has 1 saturated heterocycles. The second-order valence-corrected chi connectivity index (χ2v) is 5.56. The van der Waals surface area contributed by atoms with Crippen LogP contribution < -0.4 is 0 Å². The Labute approximate surface area is 115 Å². The van der Waals surface area contributed by atoms with Crippen LogP contribution in [-0.4, -0.2) is 33.4 Å². The topological polar surface area (TPSA) is 38.1 Å². The summed E-state index contributed by atoms with van der Waals surface area (Å²) in [6.45, 7) is 9.07. The third kappa shape index (κ3) is 3.37. The smallest absolute Gasteiger partial charge is 0.222 e. The van der Waals surface area contributed by atoms with Gasteiger partial charge < -0.3 is 9.47 Å². The van der Waals surface area contributed by atoms with Crippen molar-refractivity contribution in [3.63, 3.8) is 0 Å². The predicted octanol–water partition coefficient (Wildman–Crippen LogP) is 2.54. The Balaban J connectivity index is 1.79. The van der Waals surface area contributed by atoms with Crippen molar-refractivity contribution in [3.8, 4) is 0 Å². The van der Waals surface area contributed by atoms with Gasteiger partial charge in [-0.05, 0) is 39.0 Å². The predicted molar refractivity (Wildman–Crippen MR) is 75.9 cm³/mol. The number of carbonyl (C=O) groups excluding carboxylic acids is 1. The highest BCUT2D eigenvalue weighted by atomic mass is 16.2. The molecule has 106 valence electrons. The zero-order valence-corrected chi connectivity index (χ0v) is 12.4. The third-order valence-electron chi connectivity index (χ3n) is 4.29. The van der Waals surface area contributed by atoms with Crippen LogP contribution in [0.4, 0.5) is 0 Å². The second-order valence-electron chi connectivity index (χ2n) is 5.56. The summed E-state index contributed by atoms with van der Waals surface area (Å²) in [5.74, 6) is 2.16. The molecule has 0 aromatic carbocycles. The standard InChI is InChI=1S/C15H25N3O/c1-4-15(19)17-8-5-14(6-9-17)7-10-18-12(2)11-16-13(18)3/h11,14H,4-10H2,1-3H3. The first-order valence-corrected chi connectivity index (χ1v) is 7.38. The average Bonchev–Trinajstić information content (AvgIpc) is 2.75.